The van der Waals surface area contributed by atoms with E-state index in [0.717, 1.165) is 44.8 Å². The van der Waals surface area contributed by atoms with Crippen LogP contribution in [-0.4, -0.2) is 66.6 Å². The van der Waals surface area contributed by atoms with Crippen LogP contribution in [0.25, 0.3) is 0 Å². The SMILES string of the molecule is CC(=O)N1CCC[C@H](NS(C)(=O)=O)[C@@H]1COC1CCC(n2cccn2)CC1. The first kappa shape index (κ1) is 20.3. The number of nitrogens with one attached hydrogen (secondary N) is 1. The summed E-state index contributed by atoms with van der Waals surface area (Å²) in [5.41, 5.74) is 0. The molecule has 1 amide bonds. The van der Waals surface area contributed by atoms with Crippen LogP contribution in [0.4, 0.5) is 0 Å². The molecule has 1 aliphatic heterocycles. The Balaban J connectivity index is 1.57. The average Bonchev–Trinajstić information content (AvgIpc) is 3.14. The van der Waals surface area contributed by atoms with Gasteiger partial charge in [-0.05, 0) is 44.6 Å². The minimum Gasteiger partial charge on any atom is -0.376 e. The summed E-state index contributed by atoms with van der Waals surface area (Å²) in [6.45, 7) is 2.55. The number of amides is 1. The molecule has 1 saturated heterocycles. The lowest BCUT2D eigenvalue weighted by atomic mass is 9.92. The van der Waals surface area contributed by atoms with Gasteiger partial charge in [-0.15, -0.1) is 0 Å². The Morgan fingerprint density at radius 3 is 2.59 bits per heavy atom. The number of carbonyl (C=O) groups is 1. The van der Waals surface area contributed by atoms with Crippen molar-refractivity contribution in [3.05, 3.63) is 18.5 Å². The van der Waals surface area contributed by atoms with E-state index in [9.17, 15) is 13.2 Å². The number of ether oxygens (including phenoxy) is 1. The highest BCUT2D eigenvalue weighted by Gasteiger charge is 2.35. The minimum absolute atomic E-state index is 0.0361. The molecule has 1 aromatic rings. The fourth-order valence-corrected chi connectivity index (χ4v) is 5.10. The Labute approximate surface area is 161 Å². The normalized spacial score (nSPS) is 29.6. The molecule has 0 radical (unpaired) electrons. The zero-order valence-electron chi connectivity index (χ0n) is 16.1. The number of piperidine rings is 1. The van der Waals surface area contributed by atoms with Crippen molar-refractivity contribution in [2.24, 2.45) is 0 Å². The van der Waals surface area contributed by atoms with Gasteiger partial charge >= 0.3 is 0 Å². The van der Waals surface area contributed by atoms with E-state index in [1.165, 1.54) is 6.92 Å². The lowest BCUT2D eigenvalue weighted by Gasteiger charge is -2.41. The number of carbonyl (C=O) groups excluding carboxylic acids is 1. The number of nitrogens with zero attached hydrogens (tertiary/aromatic N) is 3. The molecule has 2 atom stereocenters. The summed E-state index contributed by atoms with van der Waals surface area (Å²) >= 11 is 0. The number of hydrogen-bond acceptors (Lipinski definition) is 5. The van der Waals surface area contributed by atoms with Crippen LogP contribution in [0.1, 0.15) is 51.5 Å². The molecule has 9 heteroatoms. The third kappa shape index (κ3) is 5.52. The molecule has 1 aliphatic carbocycles. The van der Waals surface area contributed by atoms with Crippen LogP contribution in [0, 0.1) is 0 Å². The molecule has 1 N–H and O–H groups in total. The minimum atomic E-state index is -3.33. The van der Waals surface area contributed by atoms with E-state index in [2.05, 4.69) is 9.82 Å². The summed E-state index contributed by atoms with van der Waals surface area (Å²) in [5.74, 6) is -0.0361. The van der Waals surface area contributed by atoms with Crippen LogP contribution in [0.2, 0.25) is 0 Å². The summed E-state index contributed by atoms with van der Waals surface area (Å²) in [7, 11) is -3.33. The van der Waals surface area contributed by atoms with Gasteiger partial charge in [-0.1, -0.05) is 0 Å². The molecule has 1 saturated carbocycles. The Kier molecular flexibility index (Phi) is 6.54. The molecule has 2 fully saturated rings. The van der Waals surface area contributed by atoms with E-state index in [-0.39, 0.29) is 24.1 Å². The highest BCUT2D eigenvalue weighted by molar-refractivity contribution is 7.88. The summed E-state index contributed by atoms with van der Waals surface area (Å²) in [6, 6.07) is 1.81. The summed E-state index contributed by atoms with van der Waals surface area (Å²) < 4.78 is 34.3. The van der Waals surface area contributed by atoms with Crippen LogP contribution in [0.3, 0.4) is 0 Å². The zero-order valence-corrected chi connectivity index (χ0v) is 16.9. The molecule has 1 aromatic heterocycles. The molecule has 2 aliphatic rings. The number of aromatic nitrogens is 2. The molecule has 8 nitrogen and oxygen atoms in total. The van der Waals surface area contributed by atoms with Crippen LogP contribution in [0.15, 0.2) is 18.5 Å². The van der Waals surface area contributed by atoms with Gasteiger partial charge in [-0.3, -0.25) is 9.48 Å². The zero-order chi connectivity index (χ0) is 19.4. The fraction of sp³-hybridized carbons (Fsp3) is 0.778. The van der Waals surface area contributed by atoms with Gasteiger partial charge in [0, 0.05) is 31.9 Å². The van der Waals surface area contributed by atoms with E-state index >= 15 is 0 Å². The first-order valence-corrected chi connectivity index (χ1v) is 11.6. The lowest BCUT2D eigenvalue weighted by molar-refractivity contribution is -0.136. The third-order valence-electron chi connectivity index (χ3n) is 5.59. The smallest absolute Gasteiger partial charge is 0.219 e. The van der Waals surface area contributed by atoms with Crippen molar-refractivity contribution in [2.75, 3.05) is 19.4 Å². The van der Waals surface area contributed by atoms with Gasteiger partial charge in [0.05, 0.1) is 31.1 Å². The van der Waals surface area contributed by atoms with E-state index in [0.29, 0.717) is 19.2 Å². The topological polar surface area (TPSA) is 93.5 Å². The second-order valence-electron chi connectivity index (χ2n) is 7.67. The van der Waals surface area contributed by atoms with Crippen molar-refractivity contribution in [1.29, 1.82) is 0 Å². The number of rotatable bonds is 6. The number of likely N-dealkylation sites (tertiary alicyclic amines) is 1. The second kappa shape index (κ2) is 8.70. The van der Waals surface area contributed by atoms with E-state index in [1.807, 2.05) is 16.9 Å². The Hall–Kier alpha value is -1.45. The van der Waals surface area contributed by atoms with Crippen molar-refractivity contribution < 1.29 is 17.9 Å². The van der Waals surface area contributed by atoms with E-state index in [4.69, 9.17) is 4.74 Å². The first-order chi connectivity index (χ1) is 12.8. The first-order valence-electron chi connectivity index (χ1n) is 9.69. The van der Waals surface area contributed by atoms with Gasteiger partial charge < -0.3 is 9.64 Å². The second-order valence-corrected chi connectivity index (χ2v) is 9.45. The Morgan fingerprint density at radius 1 is 1.26 bits per heavy atom. The van der Waals surface area contributed by atoms with Crippen molar-refractivity contribution in [3.8, 4) is 0 Å². The lowest BCUT2D eigenvalue weighted by Crippen LogP contribution is -2.58. The van der Waals surface area contributed by atoms with Gasteiger partial charge in [-0.25, -0.2) is 13.1 Å². The maximum atomic E-state index is 12.0. The van der Waals surface area contributed by atoms with Crippen LogP contribution in [-0.2, 0) is 19.6 Å². The van der Waals surface area contributed by atoms with Gasteiger partial charge in [0.2, 0.25) is 15.9 Å². The van der Waals surface area contributed by atoms with Gasteiger partial charge in [0.25, 0.3) is 0 Å². The van der Waals surface area contributed by atoms with Crippen LogP contribution >= 0.6 is 0 Å². The van der Waals surface area contributed by atoms with Crippen molar-refractivity contribution in [2.45, 2.75) is 69.7 Å². The third-order valence-corrected chi connectivity index (χ3v) is 6.33. The van der Waals surface area contributed by atoms with E-state index < -0.39 is 10.0 Å². The van der Waals surface area contributed by atoms with Crippen LogP contribution in [0.5, 0.6) is 0 Å². The van der Waals surface area contributed by atoms with E-state index in [1.54, 1.807) is 11.1 Å². The number of hydrogen-bond donors (Lipinski definition) is 1. The molecule has 0 bridgehead atoms. The molecule has 0 aromatic carbocycles. The Morgan fingerprint density at radius 2 is 2.00 bits per heavy atom. The average molecular weight is 399 g/mol. The molecule has 3 rings (SSSR count). The highest BCUT2D eigenvalue weighted by atomic mass is 32.2. The van der Waals surface area contributed by atoms with Gasteiger partial charge in [0.15, 0.2) is 0 Å². The quantitative estimate of drug-likeness (QED) is 0.780. The fourth-order valence-electron chi connectivity index (χ4n) is 4.27. The summed E-state index contributed by atoms with van der Waals surface area (Å²) in [4.78, 5) is 13.8. The predicted molar refractivity (Wildman–Crippen MR) is 102 cm³/mol. The standard InChI is InChI=1S/C18H30N4O4S/c1-14(23)21-11-3-5-17(20-27(2,24)25)18(21)13-26-16-8-6-15(7-9-16)22-12-4-10-19-22/h4,10,12,15-18,20H,3,5-9,11,13H2,1-2H3/t15?,16?,17-,18-/m0/s1. The maximum absolute atomic E-state index is 12.0. The summed E-state index contributed by atoms with van der Waals surface area (Å²) in [6.07, 6.45) is 10.5. The molecule has 27 heavy (non-hydrogen) atoms. The highest BCUT2D eigenvalue weighted by Crippen LogP contribution is 2.30. The summed E-state index contributed by atoms with van der Waals surface area (Å²) in [5, 5.41) is 4.32. The molecular formula is C18H30N4O4S. The molecule has 152 valence electrons. The van der Waals surface area contributed by atoms with Crippen molar-refractivity contribution in [3.63, 3.8) is 0 Å². The molecule has 0 unspecified atom stereocenters. The molecule has 0 spiro atoms. The monoisotopic (exact) mass is 398 g/mol. The Bertz CT molecular complexity index is 714. The predicted octanol–water partition coefficient (Wildman–Crippen LogP) is 1.31. The maximum Gasteiger partial charge on any atom is 0.219 e. The van der Waals surface area contributed by atoms with Gasteiger partial charge in [0.1, 0.15) is 0 Å². The van der Waals surface area contributed by atoms with Crippen molar-refractivity contribution >= 4 is 15.9 Å². The van der Waals surface area contributed by atoms with Crippen LogP contribution < -0.4 is 4.72 Å². The molecule has 2 heterocycles. The number of sulfonamides is 1. The van der Waals surface area contributed by atoms with Gasteiger partial charge in [-0.2, -0.15) is 5.10 Å². The van der Waals surface area contributed by atoms with Crippen molar-refractivity contribution in [1.82, 2.24) is 19.4 Å². The largest absolute Gasteiger partial charge is 0.376 e. The molecular weight excluding hydrogens is 368 g/mol.